The molecule has 0 aliphatic heterocycles. The molecule has 5 rings (SSSR count). The van der Waals surface area contributed by atoms with Crippen LogP contribution in [-0.4, -0.2) is 25.8 Å². The Labute approximate surface area is 213 Å². The van der Waals surface area contributed by atoms with Crippen molar-refractivity contribution in [3.05, 3.63) is 81.8 Å². The highest BCUT2D eigenvalue weighted by Crippen LogP contribution is 2.37. The SMILES string of the molecule is Cc1c(C#N)c(NC(=O)CSc2nc3ccccc3c(=O)n2-c2ccccc2)n(C2CCCC2)c1C. The van der Waals surface area contributed by atoms with E-state index in [9.17, 15) is 14.9 Å². The third kappa shape index (κ3) is 4.31. The van der Waals surface area contributed by atoms with Crippen LogP contribution in [0.5, 0.6) is 0 Å². The van der Waals surface area contributed by atoms with Gasteiger partial charge in [-0.1, -0.05) is 54.9 Å². The van der Waals surface area contributed by atoms with Crippen molar-refractivity contribution in [2.24, 2.45) is 0 Å². The second-order valence-corrected chi connectivity index (χ2v) is 10.0. The van der Waals surface area contributed by atoms with Crippen molar-refractivity contribution in [1.29, 1.82) is 5.26 Å². The van der Waals surface area contributed by atoms with E-state index in [2.05, 4.69) is 16.0 Å². The minimum atomic E-state index is -0.240. The first kappa shape index (κ1) is 23.9. The van der Waals surface area contributed by atoms with Crippen LogP contribution in [0, 0.1) is 25.2 Å². The van der Waals surface area contributed by atoms with E-state index in [1.807, 2.05) is 56.3 Å². The maximum Gasteiger partial charge on any atom is 0.266 e. The Morgan fingerprint density at radius 2 is 1.81 bits per heavy atom. The molecular weight excluding hydrogens is 470 g/mol. The van der Waals surface area contributed by atoms with Gasteiger partial charge in [-0.05, 0) is 56.5 Å². The van der Waals surface area contributed by atoms with Gasteiger partial charge in [0.05, 0.1) is 27.9 Å². The maximum atomic E-state index is 13.4. The quantitative estimate of drug-likeness (QED) is 0.280. The van der Waals surface area contributed by atoms with Crippen molar-refractivity contribution in [3.63, 3.8) is 0 Å². The molecule has 2 aromatic heterocycles. The smallest absolute Gasteiger partial charge is 0.266 e. The third-order valence-electron chi connectivity index (χ3n) is 6.91. The molecule has 1 aliphatic carbocycles. The van der Waals surface area contributed by atoms with Gasteiger partial charge in [0.15, 0.2) is 5.16 Å². The molecule has 7 nitrogen and oxygen atoms in total. The van der Waals surface area contributed by atoms with Crippen LogP contribution in [0.1, 0.15) is 48.5 Å². The van der Waals surface area contributed by atoms with E-state index in [0.29, 0.717) is 39.2 Å². The zero-order valence-corrected chi connectivity index (χ0v) is 21.1. The van der Waals surface area contributed by atoms with Crippen LogP contribution in [-0.2, 0) is 4.79 Å². The van der Waals surface area contributed by atoms with E-state index in [-0.39, 0.29) is 17.2 Å². The molecule has 0 radical (unpaired) electrons. The van der Waals surface area contributed by atoms with Gasteiger partial charge in [0, 0.05) is 11.7 Å². The van der Waals surface area contributed by atoms with Gasteiger partial charge in [-0.2, -0.15) is 5.26 Å². The van der Waals surface area contributed by atoms with Crippen molar-refractivity contribution >= 4 is 34.4 Å². The Balaban J connectivity index is 1.46. The van der Waals surface area contributed by atoms with Crippen LogP contribution < -0.4 is 10.9 Å². The highest BCUT2D eigenvalue weighted by molar-refractivity contribution is 7.99. The number of carbonyl (C=O) groups excluding carboxylic acids is 1. The fraction of sp³-hybridized carbons (Fsp3) is 0.286. The van der Waals surface area contributed by atoms with Crippen LogP contribution in [0.15, 0.2) is 64.5 Å². The second-order valence-electron chi connectivity index (χ2n) is 9.08. The lowest BCUT2D eigenvalue weighted by molar-refractivity contribution is -0.113. The number of carbonyl (C=O) groups is 1. The summed E-state index contributed by atoms with van der Waals surface area (Å²) in [5.41, 5.74) is 3.55. The number of aromatic nitrogens is 3. The normalized spacial score (nSPS) is 13.7. The molecule has 0 unspecified atom stereocenters. The summed E-state index contributed by atoms with van der Waals surface area (Å²) in [6, 6.07) is 19.1. The summed E-state index contributed by atoms with van der Waals surface area (Å²) in [7, 11) is 0. The standard InChI is InChI=1S/C28H27N5O2S/c1-18-19(2)32(20-12-6-7-13-20)26(23(18)16-29)31-25(34)17-36-28-30-24-15-9-8-14-22(24)27(35)33(28)21-10-4-3-5-11-21/h3-5,8-11,14-15,20H,6-7,12-13,17H2,1-2H3,(H,31,34). The lowest BCUT2D eigenvalue weighted by Crippen LogP contribution is -2.23. The highest BCUT2D eigenvalue weighted by Gasteiger charge is 2.27. The van der Waals surface area contributed by atoms with E-state index in [0.717, 1.165) is 36.9 Å². The highest BCUT2D eigenvalue weighted by atomic mass is 32.2. The fourth-order valence-electron chi connectivity index (χ4n) is 5.02. The first-order chi connectivity index (χ1) is 17.5. The summed E-state index contributed by atoms with van der Waals surface area (Å²) < 4.78 is 3.69. The Bertz CT molecular complexity index is 1540. The summed E-state index contributed by atoms with van der Waals surface area (Å²) in [5, 5.41) is 13.8. The zero-order valence-electron chi connectivity index (χ0n) is 20.3. The predicted octanol–water partition coefficient (Wildman–Crippen LogP) is 5.52. The van der Waals surface area contributed by atoms with Crippen molar-refractivity contribution in [3.8, 4) is 11.8 Å². The van der Waals surface area contributed by atoms with E-state index < -0.39 is 0 Å². The van der Waals surface area contributed by atoms with Gasteiger partial charge in [-0.3, -0.25) is 14.2 Å². The Morgan fingerprint density at radius 1 is 1.11 bits per heavy atom. The Morgan fingerprint density at radius 3 is 2.53 bits per heavy atom. The number of anilines is 1. The fourth-order valence-corrected chi connectivity index (χ4v) is 5.83. The van der Waals surface area contributed by atoms with Crippen LogP contribution in [0.4, 0.5) is 5.82 Å². The Hall–Kier alpha value is -3.83. The molecule has 0 atom stereocenters. The number of thioether (sulfide) groups is 1. The molecule has 2 aromatic carbocycles. The first-order valence-electron chi connectivity index (χ1n) is 12.1. The minimum Gasteiger partial charge on any atom is -0.327 e. The number of nitrogens with zero attached hydrogens (tertiary/aromatic N) is 4. The number of nitriles is 1. The van der Waals surface area contributed by atoms with Gasteiger partial charge in [0.1, 0.15) is 11.9 Å². The van der Waals surface area contributed by atoms with Crippen LogP contribution in [0.25, 0.3) is 16.6 Å². The average Bonchev–Trinajstić information content (AvgIpc) is 3.50. The summed E-state index contributed by atoms with van der Waals surface area (Å²) >= 11 is 1.21. The van der Waals surface area contributed by atoms with Gasteiger partial charge in [-0.15, -0.1) is 0 Å². The summed E-state index contributed by atoms with van der Waals surface area (Å²) in [4.78, 5) is 31.3. The van der Waals surface area contributed by atoms with Gasteiger partial charge in [0.2, 0.25) is 5.91 Å². The monoisotopic (exact) mass is 497 g/mol. The van der Waals surface area contributed by atoms with Crippen molar-refractivity contribution in [1.82, 2.24) is 14.1 Å². The molecule has 1 saturated carbocycles. The second kappa shape index (κ2) is 10.0. The van der Waals surface area contributed by atoms with Gasteiger partial charge in [-0.25, -0.2) is 4.98 Å². The third-order valence-corrected chi connectivity index (χ3v) is 7.85. The van der Waals surface area contributed by atoms with Gasteiger partial charge >= 0.3 is 0 Å². The molecule has 1 amide bonds. The molecule has 36 heavy (non-hydrogen) atoms. The summed E-state index contributed by atoms with van der Waals surface area (Å²) in [5.74, 6) is 0.392. The molecule has 8 heteroatoms. The largest absolute Gasteiger partial charge is 0.327 e. The predicted molar refractivity (Wildman–Crippen MR) is 143 cm³/mol. The van der Waals surface area contributed by atoms with E-state index >= 15 is 0 Å². The van der Waals surface area contributed by atoms with Crippen LogP contribution >= 0.6 is 11.8 Å². The first-order valence-corrected chi connectivity index (χ1v) is 13.1. The minimum absolute atomic E-state index is 0.0520. The lowest BCUT2D eigenvalue weighted by atomic mass is 10.2. The number of hydrogen-bond donors (Lipinski definition) is 1. The maximum absolute atomic E-state index is 13.4. The lowest BCUT2D eigenvalue weighted by Gasteiger charge is -2.19. The van der Waals surface area contributed by atoms with Gasteiger partial charge in [0.25, 0.3) is 5.56 Å². The molecule has 0 saturated heterocycles. The topological polar surface area (TPSA) is 92.7 Å². The number of amides is 1. The van der Waals surface area contributed by atoms with E-state index in [1.165, 1.54) is 11.8 Å². The van der Waals surface area contributed by atoms with Crippen LogP contribution in [0.2, 0.25) is 0 Å². The number of nitrogens with one attached hydrogen (secondary N) is 1. The zero-order chi connectivity index (χ0) is 25.2. The number of para-hydroxylation sites is 2. The molecule has 0 spiro atoms. The van der Waals surface area contributed by atoms with Crippen LogP contribution in [0.3, 0.4) is 0 Å². The number of benzene rings is 2. The van der Waals surface area contributed by atoms with Crippen molar-refractivity contribution in [2.75, 3.05) is 11.1 Å². The van der Waals surface area contributed by atoms with Crippen molar-refractivity contribution < 1.29 is 4.79 Å². The summed E-state index contributed by atoms with van der Waals surface area (Å²) in [6.45, 7) is 3.94. The van der Waals surface area contributed by atoms with Crippen molar-refractivity contribution in [2.45, 2.75) is 50.7 Å². The van der Waals surface area contributed by atoms with Gasteiger partial charge < -0.3 is 9.88 Å². The Kier molecular flexibility index (Phi) is 6.66. The number of fused-ring (bicyclic) bond motifs is 1. The molecule has 182 valence electrons. The molecule has 2 heterocycles. The molecule has 0 bridgehead atoms. The molecule has 1 aliphatic rings. The molecular formula is C28H27N5O2S. The number of rotatable bonds is 6. The summed E-state index contributed by atoms with van der Waals surface area (Å²) in [6.07, 6.45) is 4.39. The average molecular weight is 498 g/mol. The molecule has 1 N–H and O–H groups in total. The van der Waals surface area contributed by atoms with E-state index in [1.54, 1.807) is 16.7 Å². The van der Waals surface area contributed by atoms with E-state index in [4.69, 9.17) is 4.98 Å². The molecule has 4 aromatic rings. The molecule has 1 fully saturated rings. The number of hydrogen-bond acceptors (Lipinski definition) is 5.